The Kier molecular flexibility index (Phi) is 4.45. The number of nitrogens with one attached hydrogen (secondary N) is 2. The zero-order valence-corrected chi connectivity index (χ0v) is 11.0. The average Bonchev–Trinajstić information content (AvgIpc) is 2.87. The van der Waals surface area contributed by atoms with Crippen molar-refractivity contribution >= 4 is 6.09 Å². The summed E-state index contributed by atoms with van der Waals surface area (Å²) in [7, 11) is 0. The van der Waals surface area contributed by atoms with E-state index >= 15 is 0 Å². The highest BCUT2D eigenvalue weighted by Crippen LogP contribution is 2.29. The van der Waals surface area contributed by atoms with Gasteiger partial charge in [-0.15, -0.1) is 0 Å². The standard InChI is InChI=1S/C11H22N4O2/c1-10(2,3)17-9(16)13-8-7-12-6-5-11(4)14-15-11/h12H,5-8H2,1-4H3,(H,13,16). The predicted octanol–water partition coefficient (Wildman–Crippen LogP) is 1.67. The molecule has 1 rings (SSSR count). The lowest BCUT2D eigenvalue weighted by Crippen LogP contribution is -2.36. The normalized spacial score (nSPS) is 16.7. The number of ether oxygens (including phenoxy) is 1. The van der Waals surface area contributed by atoms with Crippen molar-refractivity contribution in [3.05, 3.63) is 0 Å². The van der Waals surface area contributed by atoms with Gasteiger partial charge in [0.15, 0.2) is 5.66 Å². The maximum absolute atomic E-state index is 11.3. The van der Waals surface area contributed by atoms with Crippen molar-refractivity contribution in [3.8, 4) is 0 Å². The van der Waals surface area contributed by atoms with E-state index < -0.39 is 5.60 Å². The number of alkyl carbamates (subject to hydrolysis) is 1. The highest BCUT2D eigenvalue weighted by molar-refractivity contribution is 5.67. The topological polar surface area (TPSA) is 75.1 Å². The van der Waals surface area contributed by atoms with Crippen LogP contribution in [-0.2, 0) is 4.74 Å². The van der Waals surface area contributed by atoms with E-state index in [1.165, 1.54) is 0 Å². The van der Waals surface area contributed by atoms with Gasteiger partial charge < -0.3 is 15.4 Å². The summed E-state index contributed by atoms with van der Waals surface area (Å²) in [6.45, 7) is 9.64. The van der Waals surface area contributed by atoms with Crippen LogP contribution in [0.15, 0.2) is 10.2 Å². The summed E-state index contributed by atoms with van der Waals surface area (Å²) < 4.78 is 5.10. The number of hydrogen-bond donors (Lipinski definition) is 2. The molecule has 0 atom stereocenters. The second kappa shape index (κ2) is 5.44. The summed E-state index contributed by atoms with van der Waals surface area (Å²) in [6, 6.07) is 0. The van der Waals surface area contributed by atoms with Crippen molar-refractivity contribution in [2.45, 2.75) is 45.4 Å². The van der Waals surface area contributed by atoms with E-state index in [4.69, 9.17) is 4.74 Å². The van der Waals surface area contributed by atoms with E-state index in [0.717, 1.165) is 19.5 Å². The molecular weight excluding hydrogens is 220 g/mol. The molecule has 2 N–H and O–H groups in total. The van der Waals surface area contributed by atoms with Crippen LogP contribution in [0.4, 0.5) is 4.79 Å². The molecule has 0 saturated heterocycles. The summed E-state index contributed by atoms with van der Waals surface area (Å²) in [5.41, 5.74) is -0.591. The summed E-state index contributed by atoms with van der Waals surface area (Å²) in [5.74, 6) is 0. The van der Waals surface area contributed by atoms with Crippen molar-refractivity contribution in [2.24, 2.45) is 10.2 Å². The molecule has 0 aromatic heterocycles. The minimum Gasteiger partial charge on any atom is -0.444 e. The molecule has 6 heteroatoms. The smallest absolute Gasteiger partial charge is 0.407 e. The van der Waals surface area contributed by atoms with Gasteiger partial charge in [0.2, 0.25) is 0 Å². The number of amides is 1. The molecule has 1 aliphatic rings. The van der Waals surface area contributed by atoms with Gasteiger partial charge in [-0.1, -0.05) is 0 Å². The largest absolute Gasteiger partial charge is 0.444 e. The Labute approximate surface area is 102 Å². The van der Waals surface area contributed by atoms with E-state index in [0.29, 0.717) is 6.54 Å². The molecule has 0 aliphatic carbocycles. The van der Waals surface area contributed by atoms with Crippen LogP contribution in [0.25, 0.3) is 0 Å². The molecule has 0 saturated carbocycles. The lowest BCUT2D eigenvalue weighted by Gasteiger charge is -2.19. The zero-order valence-electron chi connectivity index (χ0n) is 11.0. The molecule has 1 heterocycles. The van der Waals surface area contributed by atoms with Gasteiger partial charge in [0.25, 0.3) is 0 Å². The SMILES string of the molecule is CC1(CCNCCNC(=O)OC(C)(C)C)N=N1. The lowest BCUT2D eigenvalue weighted by atomic mass is 10.2. The van der Waals surface area contributed by atoms with Gasteiger partial charge in [-0.3, -0.25) is 0 Å². The number of carbonyl (C=O) groups excluding carboxylic acids is 1. The van der Waals surface area contributed by atoms with Crippen molar-refractivity contribution < 1.29 is 9.53 Å². The third kappa shape index (κ3) is 6.88. The molecule has 0 bridgehead atoms. The number of nitrogens with zero attached hydrogens (tertiary/aromatic N) is 2. The fourth-order valence-corrected chi connectivity index (χ4v) is 1.20. The summed E-state index contributed by atoms with van der Waals surface area (Å²) >= 11 is 0. The van der Waals surface area contributed by atoms with Gasteiger partial charge in [0.05, 0.1) is 0 Å². The zero-order chi connectivity index (χ0) is 12.9. The van der Waals surface area contributed by atoms with E-state index in [-0.39, 0.29) is 11.8 Å². The first-order valence-corrected chi connectivity index (χ1v) is 5.92. The highest BCUT2D eigenvalue weighted by Gasteiger charge is 2.32. The van der Waals surface area contributed by atoms with Crippen molar-refractivity contribution in [1.29, 1.82) is 0 Å². The first-order chi connectivity index (χ1) is 7.81. The minimum atomic E-state index is -0.443. The Balaban J connectivity index is 1.91. The highest BCUT2D eigenvalue weighted by atomic mass is 16.6. The molecule has 1 aliphatic heterocycles. The van der Waals surface area contributed by atoms with Crippen LogP contribution in [0.5, 0.6) is 0 Å². The number of hydrogen-bond acceptors (Lipinski definition) is 5. The molecule has 0 radical (unpaired) electrons. The summed E-state index contributed by atoms with van der Waals surface area (Å²) in [5, 5.41) is 13.7. The van der Waals surface area contributed by atoms with Gasteiger partial charge >= 0.3 is 6.09 Å². The van der Waals surface area contributed by atoms with Gasteiger partial charge in [-0.25, -0.2) is 4.79 Å². The lowest BCUT2D eigenvalue weighted by molar-refractivity contribution is 0.0528. The van der Waals surface area contributed by atoms with Crippen LogP contribution in [0.3, 0.4) is 0 Å². The number of rotatable bonds is 6. The van der Waals surface area contributed by atoms with Gasteiger partial charge in [0.1, 0.15) is 5.60 Å². The van der Waals surface area contributed by atoms with Crippen LogP contribution >= 0.6 is 0 Å². The molecule has 1 amide bonds. The van der Waals surface area contributed by atoms with Crippen LogP contribution in [-0.4, -0.2) is 37.0 Å². The monoisotopic (exact) mass is 242 g/mol. The van der Waals surface area contributed by atoms with Crippen LogP contribution in [0, 0.1) is 0 Å². The summed E-state index contributed by atoms with van der Waals surface area (Å²) in [6.07, 6.45) is 0.526. The first-order valence-electron chi connectivity index (χ1n) is 5.92. The van der Waals surface area contributed by atoms with E-state index in [1.807, 2.05) is 27.7 Å². The Morgan fingerprint density at radius 2 is 1.88 bits per heavy atom. The van der Waals surface area contributed by atoms with E-state index in [1.54, 1.807) is 0 Å². The maximum atomic E-state index is 11.3. The maximum Gasteiger partial charge on any atom is 0.407 e. The molecule has 98 valence electrons. The fourth-order valence-electron chi connectivity index (χ4n) is 1.20. The summed E-state index contributed by atoms with van der Waals surface area (Å²) in [4.78, 5) is 11.3. The van der Waals surface area contributed by atoms with Gasteiger partial charge in [-0.2, -0.15) is 10.2 Å². The van der Waals surface area contributed by atoms with Gasteiger partial charge in [-0.05, 0) is 34.2 Å². The van der Waals surface area contributed by atoms with Crippen LogP contribution in [0.1, 0.15) is 34.1 Å². The predicted molar refractivity (Wildman–Crippen MR) is 65.0 cm³/mol. The van der Waals surface area contributed by atoms with E-state index in [9.17, 15) is 4.79 Å². The molecule has 6 nitrogen and oxygen atoms in total. The van der Waals surface area contributed by atoms with Crippen molar-refractivity contribution in [3.63, 3.8) is 0 Å². The molecule has 0 aromatic carbocycles. The first kappa shape index (κ1) is 13.9. The molecule has 0 unspecified atom stereocenters. The second-order valence-corrected chi connectivity index (χ2v) is 5.35. The fraction of sp³-hybridized carbons (Fsp3) is 0.909. The third-order valence-electron chi connectivity index (χ3n) is 2.19. The molecule has 0 fully saturated rings. The Hall–Kier alpha value is -1.17. The minimum absolute atomic E-state index is 0.147. The Bertz CT molecular complexity index is 290. The van der Waals surface area contributed by atoms with Crippen LogP contribution in [0.2, 0.25) is 0 Å². The number of carbonyl (C=O) groups is 1. The quantitative estimate of drug-likeness (QED) is 0.696. The molecule has 0 spiro atoms. The average molecular weight is 242 g/mol. The van der Waals surface area contributed by atoms with E-state index in [2.05, 4.69) is 20.9 Å². The molecule has 17 heavy (non-hydrogen) atoms. The van der Waals surface area contributed by atoms with Crippen molar-refractivity contribution in [2.75, 3.05) is 19.6 Å². The third-order valence-corrected chi connectivity index (χ3v) is 2.19. The Morgan fingerprint density at radius 3 is 2.41 bits per heavy atom. The Morgan fingerprint density at radius 1 is 1.24 bits per heavy atom. The molecule has 0 aromatic rings. The van der Waals surface area contributed by atoms with Gasteiger partial charge in [0, 0.05) is 19.5 Å². The second-order valence-electron chi connectivity index (χ2n) is 5.35. The molecular formula is C11H22N4O2. The van der Waals surface area contributed by atoms with Crippen molar-refractivity contribution in [1.82, 2.24) is 10.6 Å². The van der Waals surface area contributed by atoms with Crippen LogP contribution < -0.4 is 10.6 Å².